The summed E-state index contributed by atoms with van der Waals surface area (Å²) in [6.45, 7) is 2.00. The van der Waals surface area contributed by atoms with Crippen molar-refractivity contribution in [1.82, 2.24) is 0 Å². The Morgan fingerprint density at radius 3 is 2.29 bits per heavy atom. The predicted octanol–water partition coefficient (Wildman–Crippen LogP) is 5.30. The topological polar surface area (TPSA) is 20.2 Å². The van der Waals surface area contributed by atoms with Crippen LogP contribution in [0.15, 0.2) is 54.6 Å². The van der Waals surface area contributed by atoms with Gasteiger partial charge in [0.25, 0.3) is 0 Å². The zero-order valence-corrected chi connectivity index (χ0v) is 11.5. The fourth-order valence-electron chi connectivity index (χ4n) is 3.20. The summed E-state index contributed by atoms with van der Waals surface area (Å²) in [4.78, 5) is 0. The second-order valence-electron chi connectivity index (χ2n) is 5.39. The molecule has 0 aliphatic heterocycles. The molecule has 0 saturated heterocycles. The van der Waals surface area contributed by atoms with Gasteiger partial charge in [-0.15, -0.1) is 0 Å². The van der Waals surface area contributed by atoms with Gasteiger partial charge in [-0.1, -0.05) is 36.4 Å². The van der Waals surface area contributed by atoms with Crippen LogP contribution in [0.25, 0.3) is 32.3 Å². The first-order chi connectivity index (χ1) is 10.2. The van der Waals surface area contributed by atoms with E-state index in [0.29, 0.717) is 5.39 Å². The molecule has 21 heavy (non-hydrogen) atoms. The molecule has 0 unspecified atom stereocenters. The van der Waals surface area contributed by atoms with Gasteiger partial charge >= 0.3 is 0 Å². The lowest BCUT2D eigenvalue weighted by atomic mass is 9.93. The van der Waals surface area contributed by atoms with Crippen molar-refractivity contribution in [2.45, 2.75) is 6.92 Å². The minimum absolute atomic E-state index is 0.228. The number of hydrogen-bond acceptors (Lipinski definition) is 1. The number of benzene rings is 4. The first-order valence-electron chi connectivity index (χ1n) is 6.89. The van der Waals surface area contributed by atoms with Crippen molar-refractivity contribution < 1.29 is 9.50 Å². The standard InChI is InChI=1S/C19H13FO/c1-11-9-15-12(7-4-8-18(15)21)16-10-17(20)13-5-2-3-6-14(13)19(11)16/h2-10,21H,1H3. The van der Waals surface area contributed by atoms with Crippen LogP contribution >= 0.6 is 0 Å². The van der Waals surface area contributed by atoms with Crippen LogP contribution in [0, 0.1) is 12.7 Å². The number of phenols is 1. The van der Waals surface area contributed by atoms with E-state index < -0.39 is 0 Å². The molecule has 0 bridgehead atoms. The molecule has 0 spiro atoms. The molecule has 0 fully saturated rings. The zero-order chi connectivity index (χ0) is 14.6. The van der Waals surface area contributed by atoms with Crippen molar-refractivity contribution in [3.63, 3.8) is 0 Å². The Labute approximate surface area is 121 Å². The number of halogens is 1. The third-order valence-electron chi connectivity index (χ3n) is 4.12. The van der Waals surface area contributed by atoms with Crippen LogP contribution in [0.3, 0.4) is 0 Å². The zero-order valence-electron chi connectivity index (χ0n) is 11.5. The Bertz CT molecular complexity index is 1020. The summed E-state index contributed by atoms with van der Waals surface area (Å²) in [5.74, 6) is -0.000547. The van der Waals surface area contributed by atoms with Crippen molar-refractivity contribution in [2.75, 3.05) is 0 Å². The Morgan fingerprint density at radius 2 is 1.48 bits per heavy atom. The molecular weight excluding hydrogens is 263 g/mol. The highest BCUT2D eigenvalue weighted by Crippen LogP contribution is 2.37. The van der Waals surface area contributed by atoms with E-state index in [0.717, 1.165) is 32.5 Å². The maximum atomic E-state index is 14.4. The number of rotatable bonds is 0. The highest BCUT2D eigenvalue weighted by Gasteiger charge is 2.12. The molecule has 4 aromatic rings. The van der Waals surface area contributed by atoms with Crippen molar-refractivity contribution in [2.24, 2.45) is 0 Å². The van der Waals surface area contributed by atoms with E-state index in [1.807, 2.05) is 37.3 Å². The molecule has 0 radical (unpaired) electrons. The van der Waals surface area contributed by atoms with Gasteiger partial charge in [-0.25, -0.2) is 4.39 Å². The molecule has 0 atom stereocenters. The maximum Gasteiger partial charge on any atom is 0.131 e. The molecule has 102 valence electrons. The second kappa shape index (κ2) is 4.19. The van der Waals surface area contributed by atoms with Gasteiger partial charge in [0, 0.05) is 10.8 Å². The molecule has 0 aliphatic carbocycles. The Hall–Kier alpha value is -2.61. The summed E-state index contributed by atoms with van der Waals surface area (Å²) in [5, 5.41) is 15.1. The van der Waals surface area contributed by atoms with Crippen LogP contribution in [0.5, 0.6) is 5.75 Å². The van der Waals surface area contributed by atoms with E-state index in [-0.39, 0.29) is 11.6 Å². The molecule has 0 saturated carbocycles. The molecule has 1 nitrogen and oxygen atoms in total. The first-order valence-corrected chi connectivity index (χ1v) is 6.89. The van der Waals surface area contributed by atoms with E-state index in [2.05, 4.69) is 0 Å². The van der Waals surface area contributed by atoms with Gasteiger partial charge in [-0.2, -0.15) is 0 Å². The fourth-order valence-corrected chi connectivity index (χ4v) is 3.20. The minimum atomic E-state index is -0.228. The molecule has 0 heterocycles. The number of aromatic hydroxyl groups is 1. The van der Waals surface area contributed by atoms with Crippen LogP contribution in [-0.4, -0.2) is 5.11 Å². The summed E-state index contributed by atoms with van der Waals surface area (Å²) in [6.07, 6.45) is 0. The van der Waals surface area contributed by atoms with Crippen LogP contribution < -0.4 is 0 Å². The number of phenolic OH excluding ortho intramolecular Hbond substituents is 1. The van der Waals surface area contributed by atoms with E-state index >= 15 is 0 Å². The van der Waals surface area contributed by atoms with Crippen molar-refractivity contribution in [3.05, 3.63) is 66.0 Å². The van der Waals surface area contributed by atoms with Gasteiger partial charge < -0.3 is 5.11 Å². The fraction of sp³-hybridized carbons (Fsp3) is 0.0526. The Kier molecular flexibility index (Phi) is 2.43. The minimum Gasteiger partial charge on any atom is -0.507 e. The number of aryl methyl sites for hydroxylation is 1. The third-order valence-corrected chi connectivity index (χ3v) is 4.12. The summed E-state index contributed by atoms with van der Waals surface area (Å²) in [5.41, 5.74) is 1.04. The Balaban J connectivity index is 2.38. The normalized spacial score (nSPS) is 11.5. The molecule has 0 amide bonds. The molecule has 0 aromatic heterocycles. The molecule has 1 N–H and O–H groups in total. The second-order valence-corrected chi connectivity index (χ2v) is 5.39. The first kappa shape index (κ1) is 12.2. The van der Waals surface area contributed by atoms with E-state index in [1.54, 1.807) is 24.3 Å². The number of hydrogen-bond donors (Lipinski definition) is 1. The van der Waals surface area contributed by atoms with Gasteiger partial charge in [-0.05, 0) is 52.2 Å². The van der Waals surface area contributed by atoms with Crippen LogP contribution in [0.1, 0.15) is 5.56 Å². The van der Waals surface area contributed by atoms with Gasteiger partial charge in [0.05, 0.1) is 0 Å². The SMILES string of the molecule is Cc1cc2c(O)cccc2c2cc(F)c3ccccc3c12. The van der Waals surface area contributed by atoms with Crippen LogP contribution in [-0.2, 0) is 0 Å². The summed E-state index contributed by atoms with van der Waals surface area (Å²) in [6, 6.07) is 16.4. The summed E-state index contributed by atoms with van der Waals surface area (Å²) >= 11 is 0. The Morgan fingerprint density at radius 1 is 0.762 bits per heavy atom. The van der Waals surface area contributed by atoms with E-state index in [9.17, 15) is 9.50 Å². The van der Waals surface area contributed by atoms with Crippen LogP contribution in [0.4, 0.5) is 4.39 Å². The monoisotopic (exact) mass is 276 g/mol. The van der Waals surface area contributed by atoms with E-state index in [4.69, 9.17) is 0 Å². The van der Waals surface area contributed by atoms with Crippen molar-refractivity contribution >= 4 is 32.3 Å². The number of fused-ring (bicyclic) bond motifs is 5. The lowest BCUT2D eigenvalue weighted by molar-refractivity contribution is 0.481. The third kappa shape index (κ3) is 1.62. The quantitative estimate of drug-likeness (QED) is 0.432. The maximum absolute atomic E-state index is 14.4. The highest BCUT2D eigenvalue weighted by atomic mass is 19.1. The van der Waals surface area contributed by atoms with Gasteiger partial charge in [0.15, 0.2) is 0 Å². The van der Waals surface area contributed by atoms with E-state index in [1.165, 1.54) is 0 Å². The summed E-state index contributed by atoms with van der Waals surface area (Å²) in [7, 11) is 0. The molecule has 4 aromatic carbocycles. The van der Waals surface area contributed by atoms with Gasteiger partial charge in [0.2, 0.25) is 0 Å². The lowest BCUT2D eigenvalue weighted by Gasteiger charge is -2.12. The van der Waals surface area contributed by atoms with Gasteiger partial charge in [-0.3, -0.25) is 0 Å². The van der Waals surface area contributed by atoms with Crippen molar-refractivity contribution in [3.8, 4) is 5.75 Å². The average molecular weight is 276 g/mol. The predicted molar refractivity (Wildman–Crippen MR) is 85.3 cm³/mol. The molecule has 2 heteroatoms. The summed E-state index contributed by atoms with van der Waals surface area (Å²) < 4.78 is 14.4. The van der Waals surface area contributed by atoms with Crippen LogP contribution in [0.2, 0.25) is 0 Å². The average Bonchev–Trinajstić information content (AvgIpc) is 2.49. The lowest BCUT2D eigenvalue weighted by Crippen LogP contribution is -1.88. The van der Waals surface area contributed by atoms with Gasteiger partial charge in [0.1, 0.15) is 11.6 Å². The smallest absolute Gasteiger partial charge is 0.131 e. The molecular formula is C19H13FO. The molecule has 4 rings (SSSR count). The van der Waals surface area contributed by atoms with Crippen molar-refractivity contribution in [1.29, 1.82) is 0 Å². The largest absolute Gasteiger partial charge is 0.507 e. The molecule has 0 aliphatic rings. The highest BCUT2D eigenvalue weighted by molar-refractivity contribution is 6.19.